The lowest BCUT2D eigenvalue weighted by Gasteiger charge is -2.08. The molecule has 1 aromatic carbocycles. The number of pyridine rings is 1. The van der Waals surface area contributed by atoms with Crippen LogP contribution in [0.25, 0.3) is 0 Å². The van der Waals surface area contributed by atoms with Crippen molar-refractivity contribution >= 4 is 24.2 Å². The first kappa shape index (κ1) is 22.4. The van der Waals surface area contributed by atoms with Crippen molar-refractivity contribution < 1.29 is 17.9 Å². The summed E-state index contributed by atoms with van der Waals surface area (Å²) in [6.07, 6.45) is -3.05. The molecule has 0 fully saturated rings. The van der Waals surface area contributed by atoms with Gasteiger partial charge in [0, 0.05) is 31.6 Å². The third kappa shape index (κ3) is 6.60. The summed E-state index contributed by atoms with van der Waals surface area (Å²) in [5.74, 6) is 0.916. The van der Waals surface area contributed by atoms with Gasteiger partial charge in [-0.25, -0.2) is 9.98 Å². The summed E-state index contributed by atoms with van der Waals surface area (Å²) in [7, 11) is 1.75. The minimum absolute atomic E-state index is 0.0818. The Morgan fingerprint density at radius 3 is 2.41 bits per heavy atom. The number of hydrogen-bond acceptors (Lipinski definition) is 4. The van der Waals surface area contributed by atoms with Crippen LogP contribution in [0.3, 0.4) is 0 Å². The Balaban J connectivity index is 1.96. The summed E-state index contributed by atoms with van der Waals surface area (Å²) in [6, 6.07) is 9.21. The Morgan fingerprint density at radius 1 is 1.21 bits per heavy atom. The van der Waals surface area contributed by atoms with Crippen LogP contribution in [0, 0.1) is 0 Å². The fraction of sp³-hybridized carbons (Fsp3) is 0.250. The summed E-state index contributed by atoms with van der Waals surface area (Å²) in [4.78, 5) is 11.9. The maximum Gasteiger partial charge on any atom is 0.417 e. The Bertz CT molecular complexity index is 891. The normalized spacial score (nSPS) is 13.0. The second kappa shape index (κ2) is 10.1. The van der Waals surface area contributed by atoms with Gasteiger partial charge in [0.2, 0.25) is 5.88 Å². The SMILES string of the molecule is C=NC(=NCCc1ccc(Oc2ccc(C(F)(F)F)cn2)cc1)C(Cl)=C(C)NC. The number of nitrogens with one attached hydrogen (secondary N) is 1. The van der Waals surface area contributed by atoms with Crippen molar-refractivity contribution in [3.05, 3.63) is 64.5 Å². The molecule has 154 valence electrons. The van der Waals surface area contributed by atoms with Crippen molar-refractivity contribution in [2.75, 3.05) is 13.6 Å². The molecule has 9 heteroatoms. The first-order chi connectivity index (χ1) is 13.7. The van der Waals surface area contributed by atoms with Crippen molar-refractivity contribution in [2.45, 2.75) is 19.5 Å². The van der Waals surface area contributed by atoms with Gasteiger partial charge < -0.3 is 10.1 Å². The molecule has 0 radical (unpaired) electrons. The first-order valence-corrected chi connectivity index (χ1v) is 8.98. The number of ether oxygens (including phenoxy) is 1. The largest absolute Gasteiger partial charge is 0.439 e. The molecule has 0 spiro atoms. The Kier molecular flexibility index (Phi) is 7.78. The van der Waals surface area contributed by atoms with E-state index in [0.717, 1.165) is 23.5 Å². The number of allylic oxidation sites excluding steroid dienone is 1. The molecule has 0 aliphatic heterocycles. The highest BCUT2D eigenvalue weighted by Gasteiger charge is 2.30. The molecule has 0 aliphatic carbocycles. The topological polar surface area (TPSA) is 58.9 Å². The van der Waals surface area contributed by atoms with Crippen LogP contribution in [0.1, 0.15) is 18.1 Å². The standard InChI is InChI=1S/C20H20ClF3N4O/c1-13(25-2)18(21)19(26-3)27-11-10-14-4-7-16(8-5-14)29-17-9-6-15(12-28-17)20(22,23)24/h4-9,12,25H,3,10-11H2,1-2H3. The van der Waals surface area contributed by atoms with Gasteiger partial charge >= 0.3 is 6.18 Å². The van der Waals surface area contributed by atoms with E-state index in [2.05, 4.69) is 27.0 Å². The van der Waals surface area contributed by atoms with Gasteiger partial charge in [0.15, 0.2) is 5.84 Å². The van der Waals surface area contributed by atoms with E-state index in [1.807, 2.05) is 19.1 Å². The first-order valence-electron chi connectivity index (χ1n) is 8.60. The molecule has 1 heterocycles. The molecule has 0 bridgehead atoms. The minimum Gasteiger partial charge on any atom is -0.439 e. The maximum absolute atomic E-state index is 12.6. The molecule has 29 heavy (non-hydrogen) atoms. The highest BCUT2D eigenvalue weighted by Crippen LogP contribution is 2.30. The molecule has 0 saturated carbocycles. The van der Waals surface area contributed by atoms with Crippen LogP contribution in [-0.2, 0) is 12.6 Å². The fourth-order valence-corrected chi connectivity index (χ4v) is 2.42. The average molecular weight is 425 g/mol. The van der Waals surface area contributed by atoms with Gasteiger partial charge in [0.25, 0.3) is 0 Å². The summed E-state index contributed by atoms with van der Waals surface area (Å²) < 4.78 is 43.1. The lowest BCUT2D eigenvalue weighted by Crippen LogP contribution is -2.08. The van der Waals surface area contributed by atoms with E-state index in [-0.39, 0.29) is 5.88 Å². The average Bonchev–Trinajstić information content (AvgIpc) is 2.71. The van der Waals surface area contributed by atoms with Crippen molar-refractivity contribution in [2.24, 2.45) is 9.98 Å². The molecule has 0 unspecified atom stereocenters. The smallest absolute Gasteiger partial charge is 0.417 e. The molecular weight excluding hydrogens is 405 g/mol. The van der Waals surface area contributed by atoms with Gasteiger partial charge in [-0.15, -0.1) is 0 Å². The second-order valence-electron chi connectivity index (χ2n) is 5.93. The third-order valence-corrected chi connectivity index (χ3v) is 4.37. The summed E-state index contributed by atoms with van der Waals surface area (Å²) in [5.41, 5.74) is 0.917. The van der Waals surface area contributed by atoms with Gasteiger partial charge in [0.05, 0.1) is 5.56 Å². The zero-order chi connectivity index (χ0) is 21.4. The molecule has 0 saturated heterocycles. The van der Waals surface area contributed by atoms with Crippen LogP contribution in [0.2, 0.25) is 0 Å². The summed E-state index contributed by atoms with van der Waals surface area (Å²) in [6.45, 7) is 5.76. The number of benzene rings is 1. The number of nitrogens with zero attached hydrogens (tertiary/aromatic N) is 3. The van der Waals surface area contributed by atoms with Gasteiger partial charge in [-0.1, -0.05) is 23.7 Å². The predicted octanol–water partition coefficient (Wildman–Crippen LogP) is 5.22. The number of aliphatic imine (C=N–C) groups is 2. The Labute approximate surface area is 172 Å². The highest BCUT2D eigenvalue weighted by atomic mass is 35.5. The van der Waals surface area contributed by atoms with Crippen molar-refractivity contribution in [1.82, 2.24) is 10.3 Å². The summed E-state index contributed by atoms with van der Waals surface area (Å²) >= 11 is 6.18. The van der Waals surface area contributed by atoms with Gasteiger partial charge in [0.1, 0.15) is 10.8 Å². The number of hydrogen-bond donors (Lipinski definition) is 1. The van der Waals surface area contributed by atoms with E-state index >= 15 is 0 Å². The molecule has 1 aromatic heterocycles. The lowest BCUT2D eigenvalue weighted by molar-refractivity contribution is -0.137. The zero-order valence-corrected chi connectivity index (χ0v) is 16.7. The number of amidine groups is 1. The molecular formula is C20H20ClF3N4O. The van der Waals surface area contributed by atoms with E-state index in [9.17, 15) is 13.2 Å². The van der Waals surface area contributed by atoms with Crippen molar-refractivity contribution in [3.8, 4) is 11.6 Å². The van der Waals surface area contributed by atoms with Gasteiger partial charge in [-0.3, -0.25) is 4.99 Å². The van der Waals surface area contributed by atoms with Crippen LogP contribution >= 0.6 is 11.6 Å². The molecule has 0 aliphatic rings. The molecule has 5 nitrogen and oxygen atoms in total. The summed E-state index contributed by atoms with van der Waals surface area (Å²) in [5, 5.41) is 3.34. The number of alkyl halides is 3. The van der Waals surface area contributed by atoms with Crippen LogP contribution in [0.5, 0.6) is 11.6 Å². The number of rotatable bonds is 7. The van der Waals surface area contributed by atoms with Crippen molar-refractivity contribution in [3.63, 3.8) is 0 Å². The Hall–Kier alpha value is -2.87. The van der Waals surface area contributed by atoms with Crippen LogP contribution < -0.4 is 10.1 Å². The van der Waals surface area contributed by atoms with Gasteiger partial charge in [-0.2, -0.15) is 13.2 Å². The fourth-order valence-electron chi connectivity index (χ4n) is 2.21. The second-order valence-corrected chi connectivity index (χ2v) is 6.31. The minimum atomic E-state index is -4.43. The lowest BCUT2D eigenvalue weighted by atomic mass is 10.1. The van der Waals surface area contributed by atoms with E-state index in [1.54, 1.807) is 19.2 Å². The number of halogens is 4. The quantitative estimate of drug-likeness (QED) is 0.489. The van der Waals surface area contributed by atoms with E-state index < -0.39 is 11.7 Å². The molecule has 0 amide bonds. The third-order valence-electron chi connectivity index (χ3n) is 3.92. The monoisotopic (exact) mass is 424 g/mol. The van der Waals surface area contributed by atoms with Crippen molar-refractivity contribution in [1.29, 1.82) is 0 Å². The molecule has 2 aromatic rings. The van der Waals surface area contributed by atoms with Gasteiger partial charge in [-0.05, 0) is 43.8 Å². The zero-order valence-electron chi connectivity index (χ0n) is 15.9. The molecule has 0 atom stereocenters. The highest BCUT2D eigenvalue weighted by molar-refractivity contribution is 6.43. The predicted molar refractivity (Wildman–Crippen MR) is 109 cm³/mol. The molecule has 1 N–H and O–H groups in total. The Morgan fingerprint density at radius 2 is 1.90 bits per heavy atom. The van der Waals surface area contributed by atoms with Crippen LogP contribution in [0.15, 0.2) is 63.3 Å². The van der Waals surface area contributed by atoms with Crippen LogP contribution in [0.4, 0.5) is 13.2 Å². The van der Waals surface area contributed by atoms with E-state index in [1.165, 1.54) is 6.07 Å². The maximum atomic E-state index is 12.6. The number of aromatic nitrogens is 1. The molecule has 2 rings (SSSR count). The van der Waals surface area contributed by atoms with Crippen LogP contribution in [-0.4, -0.2) is 31.1 Å². The van der Waals surface area contributed by atoms with E-state index in [0.29, 0.717) is 29.6 Å². The van der Waals surface area contributed by atoms with E-state index in [4.69, 9.17) is 16.3 Å².